The van der Waals surface area contributed by atoms with Crippen molar-refractivity contribution in [1.82, 2.24) is 15.1 Å². The van der Waals surface area contributed by atoms with Crippen molar-refractivity contribution in [2.75, 3.05) is 19.6 Å². The Bertz CT molecular complexity index is 741. The summed E-state index contributed by atoms with van der Waals surface area (Å²) < 4.78 is 108. The van der Waals surface area contributed by atoms with Crippen LogP contribution in [0.15, 0.2) is 23.3 Å². The number of nitrogens with one attached hydrogen (secondary N) is 1. The lowest BCUT2D eigenvalue weighted by atomic mass is 10.3. The predicted molar refractivity (Wildman–Crippen MR) is 86.9 cm³/mol. The van der Waals surface area contributed by atoms with Crippen LogP contribution in [-0.2, 0) is 9.59 Å². The summed E-state index contributed by atoms with van der Waals surface area (Å²) in [6, 6.07) is 0. The molecule has 31 heavy (non-hydrogen) atoms. The van der Waals surface area contributed by atoms with Crippen molar-refractivity contribution >= 4 is 11.8 Å². The number of rotatable bonds is 4. The number of hydrogen-bond acceptors (Lipinski definition) is 4. The van der Waals surface area contributed by atoms with Crippen molar-refractivity contribution < 1.29 is 54.2 Å². The first kappa shape index (κ1) is 26.7. The number of alkyl halides is 9. The van der Waals surface area contributed by atoms with E-state index in [1.165, 1.54) is 13.8 Å². The maximum atomic E-state index is 12.2. The summed E-state index contributed by atoms with van der Waals surface area (Å²) in [6.07, 6.45) is -14.4. The summed E-state index contributed by atoms with van der Waals surface area (Å²) in [5.41, 5.74) is 0.121. The van der Waals surface area contributed by atoms with Crippen LogP contribution in [0.2, 0.25) is 0 Å². The van der Waals surface area contributed by atoms with Gasteiger partial charge in [-0.2, -0.15) is 39.5 Å². The summed E-state index contributed by atoms with van der Waals surface area (Å²) in [7, 11) is 0. The highest BCUT2D eigenvalue weighted by atomic mass is 19.4. The number of aliphatic hydroxyl groups is 1. The first-order valence-electron chi connectivity index (χ1n) is 8.41. The number of nitrogens with zero attached hydrogens (tertiary/aromatic N) is 2. The molecule has 2 rings (SSSR count). The molecule has 0 aromatic rings. The third kappa shape index (κ3) is 8.77. The highest BCUT2D eigenvalue weighted by molar-refractivity contribution is 5.96. The van der Waals surface area contributed by atoms with Gasteiger partial charge in [0.05, 0.1) is 6.54 Å². The molecule has 0 aromatic heterocycles. The van der Waals surface area contributed by atoms with E-state index in [1.54, 1.807) is 0 Å². The van der Waals surface area contributed by atoms with Gasteiger partial charge in [-0.15, -0.1) is 0 Å². The average molecular weight is 471 g/mol. The zero-order valence-electron chi connectivity index (χ0n) is 16.0. The van der Waals surface area contributed by atoms with E-state index >= 15 is 0 Å². The van der Waals surface area contributed by atoms with Crippen LogP contribution >= 0.6 is 0 Å². The molecule has 2 heterocycles. The summed E-state index contributed by atoms with van der Waals surface area (Å²) in [5.74, 6) is -1.70. The van der Waals surface area contributed by atoms with Crippen molar-refractivity contribution in [3.63, 3.8) is 0 Å². The maximum absolute atomic E-state index is 12.2. The van der Waals surface area contributed by atoms with E-state index in [2.05, 4.69) is 0 Å². The van der Waals surface area contributed by atoms with Crippen molar-refractivity contribution in [3.05, 3.63) is 23.3 Å². The van der Waals surface area contributed by atoms with Gasteiger partial charge in [-0.05, 0) is 26.0 Å². The van der Waals surface area contributed by atoms with E-state index in [4.69, 9.17) is 5.11 Å². The van der Waals surface area contributed by atoms with Gasteiger partial charge in [-0.3, -0.25) is 14.9 Å². The fraction of sp³-hybridized carbons (Fsp3) is 0.625. The Hall–Kier alpha value is -2.29. The summed E-state index contributed by atoms with van der Waals surface area (Å²) in [4.78, 5) is 23.0. The van der Waals surface area contributed by atoms with E-state index in [9.17, 15) is 49.1 Å². The van der Waals surface area contributed by atoms with E-state index in [1.807, 2.05) is 5.32 Å². The molecular formula is C16H18F9N3O3. The summed E-state index contributed by atoms with van der Waals surface area (Å²) >= 11 is 0. The second kappa shape index (κ2) is 9.46. The summed E-state index contributed by atoms with van der Waals surface area (Å²) in [5, 5.41) is 10.9. The van der Waals surface area contributed by atoms with E-state index in [0.717, 1.165) is 12.2 Å². The van der Waals surface area contributed by atoms with Gasteiger partial charge in [-0.1, -0.05) is 0 Å². The molecule has 0 aromatic carbocycles. The zero-order valence-corrected chi connectivity index (χ0v) is 16.0. The standard InChI is InChI=1S/C9H10F6N2O.C7H8F3NO2/c1-5-2-6(16-3-8(10,11)12)17(7(5)18)4-9(13,14)15;1-4-2-5(12)11(6(4)13)3-7(8,9)10/h2,6,16H,3-4H2,1H3;2,5,12H,3H2,1H3. The molecule has 0 saturated carbocycles. The van der Waals surface area contributed by atoms with Crippen LogP contribution in [0.5, 0.6) is 0 Å². The van der Waals surface area contributed by atoms with Crippen molar-refractivity contribution in [2.45, 2.75) is 44.8 Å². The van der Waals surface area contributed by atoms with Gasteiger partial charge < -0.3 is 14.9 Å². The molecular weight excluding hydrogens is 453 g/mol. The minimum Gasteiger partial charge on any atom is -0.370 e. The molecule has 2 aliphatic heterocycles. The Labute approximate surface area is 170 Å². The number of amides is 2. The van der Waals surface area contributed by atoms with Gasteiger partial charge in [0.2, 0.25) is 0 Å². The molecule has 0 spiro atoms. The normalized spacial score (nSPS) is 22.5. The lowest BCUT2D eigenvalue weighted by molar-refractivity contribution is -0.169. The summed E-state index contributed by atoms with van der Waals surface area (Å²) in [6.45, 7) is -1.86. The molecule has 2 atom stereocenters. The van der Waals surface area contributed by atoms with Crippen LogP contribution in [0.1, 0.15) is 13.8 Å². The Morgan fingerprint density at radius 2 is 1.23 bits per heavy atom. The smallest absolute Gasteiger partial charge is 0.370 e. The van der Waals surface area contributed by atoms with E-state index in [-0.39, 0.29) is 11.1 Å². The molecule has 0 radical (unpaired) electrons. The molecule has 178 valence electrons. The SMILES string of the molecule is CC1=CC(NCC(F)(F)F)N(CC(F)(F)F)C1=O.CC1=CC(O)N(CC(F)(F)F)C1=O. The molecule has 0 aliphatic carbocycles. The number of carbonyl (C=O) groups is 2. The third-order valence-electron chi connectivity index (χ3n) is 3.87. The second-order valence-corrected chi connectivity index (χ2v) is 6.65. The second-order valence-electron chi connectivity index (χ2n) is 6.65. The molecule has 2 unspecified atom stereocenters. The lowest BCUT2D eigenvalue weighted by Gasteiger charge is -2.26. The molecule has 2 amide bonds. The molecule has 0 fully saturated rings. The molecule has 15 heteroatoms. The average Bonchev–Trinajstić information content (AvgIpc) is 2.95. The Kier molecular flexibility index (Phi) is 8.16. The van der Waals surface area contributed by atoms with Gasteiger partial charge in [-0.25, -0.2) is 0 Å². The van der Waals surface area contributed by atoms with Gasteiger partial charge in [0, 0.05) is 11.1 Å². The van der Waals surface area contributed by atoms with Crippen LogP contribution in [0.4, 0.5) is 39.5 Å². The number of hydrogen-bond donors (Lipinski definition) is 2. The highest BCUT2D eigenvalue weighted by Gasteiger charge is 2.41. The van der Waals surface area contributed by atoms with Crippen LogP contribution in [0, 0.1) is 0 Å². The Morgan fingerprint density at radius 1 is 0.806 bits per heavy atom. The van der Waals surface area contributed by atoms with Gasteiger partial charge >= 0.3 is 18.5 Å². The minimum atomic E-state index is -4.66. The first-order chi connectivity index (χ1) is 13.8. The minimum absolute atomic E-state index is 0.0149. The predicted octanol–water partition coefficient (Wildman–Crippen LogP) is 2.47. The fourth-order valence-corrected chi connectivity index (χ4v) is 2.59. The van der Waals surface area contributed by atoms with Gasteiger partial charge in [0.15, 0.2) is 0 Å². The van der Waals surface area contributed by atoms with Gasteiger partial charge in [0.25, 0.3) is 11.8 Å². The number of aliphatic hydroxyl groups excluding tert-OH is 1. The number of carbonyl (C=O) groups excluding carboxylic acids is 2. The zero-order chi connectivity index (χ0) is 24.4. The molecule has 6 nitrogen and oxygen atoms in total. The highest BCUT2D eigenvalue weighted by Crippen LogP contribution is 2.25. The maximum Gasteiger partial charge on any atom is 0.406 e. The van der Waals surface area contributed by atoms with Crippen molar-refractivity contribution in [3.8, 4) is 0 Å². The quantitative estimate of drug-likeness (QED) is 0.619. The van der Waals surface area contributed by atoms with Crippen LogP contribution in [0.3, 0.4) is 0 Å². The third-order valence-corrected chi connectivity index (χ3v) is 3.87. The van der Waals surface area contributed by atoms with E-state index < -0.39 is 62.4 Å². The van der Waals surface area contributed by atoms with Crippen molar-refractivity contribution in [1.29, 1.82) is 0 Å². The lowest BCUT2D eigenvalue weighted by Crippen LogP contribution is -2.50. The van der Waals surface area contributed by atoms with Gasteiger partial charge in [0.1, 0.15) is 25.5 Å². The fourth-order valence-electron chi connectivity index (χ4n) is 2.59. The molecule has 2 N–H and O–H groups in total. The van der Waals surface area contributed by atoms with Crippen LogP contribution < -0.4 is 5.32 Å². The van der Waals surface area contributed by atoms with Crippen LogP contribution in [-0.4, -0.2) is 77.3 Å². The Balaban J connectivity index is 0.000000327. The molecule has 0 saturated heterocycles. The van der Waals surface area contributed by atoms with E-state index in [0.29, 0.717) is 9.80 Å². The largest absolute Gasteiger partial charge is 0.406 e. The topological polar surface area (TPSA) is 72.9 Å². The Morgan fingerprint density at radius 3 is 1.61 bits per heavy atom. The molecule has 0 bridgehead atoms. The molecule has 2 aliphatic rings. The van der Waals surface area contributed by atoms with Crippen LogP contribution in [0.25, 0.3) is 0 Å². The van der Waals surface area contributed by atoms with Crippen molar-refractivity contribution in [2.24, 2.45) is 0 Å². The monoisotopic (exact) mass is 471 g/mol. The number of halogens is 9. The first-order valence-corrected chi connectivity index (χ1v) is 8.41.